The molecule has 3 nitrogen and oxygen atoms in total. The van der Waals surface area contributed by atoms with Gasteiger partial charge in [0.2, 0.25) is 0 Å². The molecule has 3 rings (SSSR count). The van der Waals surface area contributed by atoms with Gasteiger partial charge in [-0.3, -0.25) is 0 Å². The summed E-state index contributed by atoms with van der Waals surface area (Å²) < 4.78 is 3.03. The van der Waals surface area contributed by atoms with Crippen molar-refractivity contribution in [2.75, 3.05) is 6.54 Å². The lowest BCUT2D eigenvalue weighted by molar-refractivity contribution is 0.726. The maximum Gasteiger partial charge on any atom is 0.0795 e. The number of benzene rings is 2. The largest absolute Gasteiger partial charge is 0.313 e. The zero-order valence-corrected chi connectivity index (χ0v) is 12.9. The van der Waals surface area contributed by atoms with Gasteiger partial charge >= 0.3 is 0 Å². The minimum Gasteiger partial charge on any atom is -0.313 e. The third-order valence-corrected chi connectivity index (χ3v) is 3.93. The Labute approximate surface area is 126 Å². The van der Waals surface area contributed by atoms with Gasteiger partial charge in [0.1, 0.15) is 0 Å². The molecular weight excluding hydrogens is 314 g/mol. The van der Waals surface area contributed by atoms with Gasteiger partial charge in [0.05, 0.1) is 17.4 Å². The Kier molecular flexibility index (Phi) is 3.85. The molecule has 0 fully saturated rings. The molecule has 0 aliphatic carbocycles. The van der Waals surface area contributed by atoms with Gasteiger partial charge in [0.25, 0.3) is 0 Å². The van der Waals surface area contributed by atoms with E-state index in [1.807, 2.05) is 23.0 Å². The number of hydrogen-bond donors (Lipinski definition) is 1. The molecule has 0 bridgehead atoms. The lowest BCUT2D eigenvalue weighted by atomic mass is 10.2. The molecule has 20 heavy (non-hydrogen) atoms. The monoisotopic (exact) mass is 329 g/mol. The summed E-state index contributed by atoms with van der Waals surface area (Å²) in [6.07, 6.45) is 1.90. The summed E-state index contributed by atoms with van der Waals surface area (Å²) in [7, 11) is 0. The molecule has 0 aliphatic rings. The summed E-state index contributed by atoms with van der Waals surface area (Å²) in [6, 6.07) is 14.6. The van der Waals surface area contributed by atoms with Gasteiger partial charge in [-0.15, -0.1) is 0 Å². The maximum absolute atomic E-state index is 4.49. The molecular formula is C16H16BrN3. The predicted octanol–water partition coefficient (Wildman–Crippen LogP) is 3.90. The van der Waals surface area contributed by atoms with Gasteiger partial charge in [0.15, 0.2) is 0 Å². The Morgan fingerprint density at radius 2 is 2.05 bits per heavy atom. The molecule has 4 heteroatoms. The van der Waals surface area contributed by atoms with Crippen LogP contribution in [0, 0.1) is 0 Å². The number of fused-ring (bicyclic) bond motifs is 1. The highest BCUT2D eigenvalue weighted by molar-refractivity contribution is 9.10. The smallest absolute Gasteiger partial charge is 0.0795 e. The van der Waals surface area contributed by atoms with Crippen LogP contribution < -0.4 is 5.32 Å². The first-order valence-electron chi connectivity index (χ1n) is 6.72. The first-order valence-corrected chi connectivity index (χ1v) is 7.51. The number of aromatic nitrogens is 2. The van der Waals surface area contributed by atoms with Crippen molar-refractivity contribution in [1.29, 1.82) is 0 Å². The highest BCUT2D eigenvalue weighted by Crippen LogP contribution is 2.25. The van der Waals surface area contributed by atoms with Crippen molar-refractivity contribution in [3.05, 3.63) is 58.7 Å². The molecule has 0 saturated carbocycles. The first-order chi connectivity index (χ1) is 9.79. The molecule has 0 unspecified atom stereocenters. The Bertz CT molecular complexity index is 733. The zero-order chi connectivity index (χ0) is 13.9. The van der Waals surface area contributed by atoms with Crippen molar-refractivity contribution >= 4 is 26.8 Å². The lowest BCUT2D eigenvalue weighted by Gasteiger charge is -2.09. The fourth-order valence-electron chi connectivity index (χ4n) is 2.27. The average Bonchev–Trinajstić information content (AvgIpc) is 2.89. The second kappa shape index (κ2) is 5.77. The zero-order valence-electron chi connectivity index (χ0n) is 11.3. The van der Waals surface area contributed by atoms with Gasteiger partial charge in [-0.2, -0.15) is 5.10 Å². The minimum absolute atomic E-state index is 0.884. The second-order valence-corrected chi connectivity index (χ2v) is 5.54. The van der Waals surface area contributed by atoms with Gasteiger partial charge in [-0.1, -0.05) is 31.2 Å². The van der Waals surface area contributed by atoms with E-state index in [0.29, 0.717) is 0 Å². The van der Waals surface area contributed by atoms with E-state index in [4.69, 9.17) is 0 Å². The summed E-state index contributed by atoms with van der Waals surface area (Å²) >= 11 is 3.66. The summed E-state index contributed by atoms with van der Waals surface area (Å²) in [5, 5.41) is 8.97. The molecule has 1 aromatic heterocycles. The normalized spacial score (nSPS) is 11.1. The van der Waals surface area contributed by atoms with Gasteiger partial charge in [-0.05, 0) is 46.2 Å². The summed E-state index contributed by atoms with van der Waals surface area (Å²) in [6.45, 7) is 3.97. The number of halogens is 1. The number of nitrogens with one attached hydrogen (secondary N) is 1. The molecule has 102 valence electrons. The minimum atomic E-state index is 0.884. The molecule has 1 heterocycles. The van der Waals surface area contributed by atoms with Gasteiger partial charge in [-0.25, -0.2) is 4.68 Å². The third-order valence-electron chi connectivity index (χ3n) is 3.30. The van der Waals surface area contributed by atoms with Gasteiger partial charge in [0, 0.05) is 16.4 Å². The topological polar surface area (TPSA) is 29.9 Å². The summed E-state index contributed by atoms with van der Waals surface area (Å²) in [4.78, 5) is 0. The standard InChI is InChI=1S/C16H16BrN3/c1-2-18-10-12-7-8-16(14(17)9-12)20-15-6-4-3-5-13(15)11-19-20/h3-9,11,18H,2,10H2,1H3. The van der Waals surface area contributed by atoms with Crippen LogP contribution in [0.25, 0.3) is 16.6 Å². The Balaban J connectivity index is 2.02. The quantitative estimate of drug-likeness (QED) is 0.786. The van der Waals surface area contributed by atoms with Crippen molar-refractivity contribution in [2.24, 2.45) is 0 Å². The van der Waals surface area contributed by atoms with E-state index in [-0.39, 0.29) is 0 Å². The maximum atomic E-state index is 4.49. The molecule has 0 saturated heterocycles. The number of rotatable bonds is 4. The van der Waals surface area contributed by atoms with Crippen LogP contribution >= 0.6 is 15.9 Å². The molecule has 0 aliphatic heterocycles. The van der Waals surface area contributed by atoms with E-state index in [1.165, 1.54) is 5.56 Å². The van der Waals surface area contributed by atoms with E-state index in [1.54, 1.807) is 0 Å². The predicted molar refractivity (Wildman–Crippen MR) is 86.2 cm³/mol. The fourth-order valence-corrected chi connectivity index (χ4v) is 2.86. The van der Waals surface area contributed by atoms with E-state index >= 15 is 0 Å². The van der Waals surface area contributed by atoms with Crippen LogP contribution in [0.2, 0.25) is 0 Å². The van der Waals surface area contributed by atoms with Gasteiger partial charge < -0.3 is 5.32 Å². The van der Waals surface area contributed by atoms with E-state index in [0.717, 1.165) is 34.2 Å². The molecule has 0 atom stereocenters. The van der Waals surface area contributed by atoms with Crippen LogP contribution in [0.1, 0.15) is 12.5 Å². The second-order valence-electron chi connectivity index (χ2n) is 4.68. The highest BCUT2D eigenvalue weighted by atomic mass is 79.9. The van der Waals surface area contributed by atoms with Crippen molar-refractivity contribution in [2.45, 2.75) is 13.5 Å². The Morgan fingerprint density at radius 3 is 2.85 bits per heavy atom. The highest BCUT2D eigenvalue weighted by Gasteiger charge is 2.08. The number of hydrogen-bond acceptors (Lipinski definition) is 2. The van der Waals surface area contributed by atoms with Crippen LogP contribution in [0.4, 0.5) is 0 Å². The third kappa shape index (κ3) is 2.49. The van der Waals surface area contributed by atoms with Crippen molar-refractivity contribution in [3.63, 3.8) is 0 Å². The molecule has 2 aromatic carbocycles. The first kappa shape index (κ1) is 13.3. The van der Waals surface area contributed by atoms with E-state index in [9.17, 15) is 0 Å². The van der Waals surface area contributed by atoms with Crippen LogP contribution in [-0.4, -0.2) is 16.3 Å². The SMILES string of the molecule is CCNCc1ccc(-n2ncc3ccccc32)c(Br)c1. The van der Waals surface area contributed by atoms with Crippen LogP contribution in [0.15, 0.2) is 53.1 Å². The van der Waals surface area contributed by atoms with Crippen LogP contribution in [0.3, 0.4) is 0 Å². The molecule has 3 aromatic rings. The fraction of sp³-hybridized carbons (Fsp3) is 0.188. The average molecular weight is 330 g/mol. The van der Waals surface area contributed by atoms with Crippen LogP contribution in [0.5, 0.6) is 0 Å². The lowest BCUT2D eigenvalue weighted by Crippen LogP contribution is -2.11. The Hall–Kier alpha value is -1.65. The Morgan fingerprint density at radius 1 is 1.20 bits per heavy atom. The van der Waals surface area contributed by atoms with E-state index in [2.05, 4.69) is 63.6 Å². The van der Waals surface area contributed by atoms with Crippen molar-refractivity contribution < 1.29 is 0 Å². The summed E-state index contributed by atoms with van der Waals surface area (Å²) in [5.74, 6) is 0. The van der Waals surface area contributed by atoms with Crippen molar-refractivity contribution in [3.8, 4) is 5.69 Å². The number of nitrogens with zero attached hydrogens (tertiary/aromatic N) is 2. The molecule has 0 amide bonds. The van der Waals surface area contributed by atoms with Crippen LogP contribution in [-0.2, 0) is 6.54 Å². The van der Waals surface area contributed by atoms with E-state index < -0.39 is 0 Å². The molecule has 0 radical (unpaired) electrons. The molecule has 1 N–H and O–H groups in total. The summed E-state index contributed by atoms with van der Waals surface area (Å²) in [5.41, 5.74) is 3.44. The number of para-hydroxylation sites is 1. The van der Waals surface area contributed by atoms with Crippen molar-refractivity contribution in [1.82, 2.24) is 15.1 Å². The molecule has 0 spiro atoms.